The molecule has 0 aliphatic carbocycles. The minimum absolute atomic E-state index is 0.107. The number of hydroxylamine groups is 2. The quantitative estimate of drug-likeness (QED) is 0.636. The lowest BCUT2D eigenvalue weighted by Gasteiger charge is -2.26. The second kappa shape index (κ2) is 8.97. The van der Waals surface area contributed by atoms with Crippen molar-refractivity contribution in [3.8, 4) is 0 Å². The first-order valence-corrected chi connectivity index (χ1v) is 10.4. The fraction of sp³-hybridized carbons (Fsp3) is 0.304. The maximum absolute atomic E-state index is 15.0. The highest BCUT2D eigenvalue weighted by molar-refractivity contribution is 5.93. The monoisotopic (exact) mass is 437 g/mol. The van der Waals surface area contributed by atoms with Crippen molar-refractivity contribution in [3.63, 3.8) is 0 Å². The average Bonchev–Trinajstić information content (AvgIpc) is 2.81. The van der Waals surface area contributed by atoms with Crippen LogP contribution in [0, 0.1) is 12.7 Å². The molecule has 0 bridgehead atoms. The van der Waals surface area contributed by atoms with E-state index in [1.54, 1.807) is 30.4 Å². The van der Waals surface area contributed by atoms with Crippen LogP contribution in [0.2, 0.25) is 0 Å². The molecule has 0 radical (unpaired) electrons. The Morgan fingerprint density at radius 2 is 2.19 bits per heavy atom. The van der Waals surface area contributed by atoms with Crippen LogP contribution in [0.4, 0.5) is 4.39 Å². The lowest BCUT2D eigenvalue weighted by molar-refractivity contribution is -0.151. The number of halogens is 1. The van der Waals surface area contributed by atoms with Gasteiger partial charge in [-0.15, -0.1) is 0 Å². The zero-order valence-corrected chi connectivity index (χ0v) is 18.2. The molecule has 4 rings (SSSR count). The first kappa shape index (κ1) is 21.8. The second-order valence-electron chi connectivity index (χ2n) is 7.59. The highest BCUT2D eigenvalue weighted by Gasteiger charge is 2.19. The van der Waals surface area contributed by atoms with Gasteiger partial charge in [0.15, 0.2) is 5.82 Å². The Hall–Kier alpha value is -3.43. The number of amides is 1. The Morgan fingerprint density at radius 3 is 2.84 bits per heavy atom. The predicted molar refractivity (Wildman–Crippen MR) is 118 cm³/mol. The maximum Gasteiger partial charge on any atom is 0.270 e. The first-order chi connectivity index (χ1) is 15.4. The molecule has 1 aliphatic rings. The molecule has 3 aromatic rings. The number of hydrogen-bond donors (Lipinski definition) is 2. The van der Waals surface area contributed by atoms with Crippen molar-refractivity contribution in [2.24, 2.45) is 0 Å². The van der Waals surface area contributed by atoms with Crippen molar-refractivity contribution in [1.82, 2.24) is 25.3 Å². The van der Waals surface area contributed by atoms with Crippen LogP contribution >= 0.6 is 0 Å². The predicted octanol–water partition coefficient (Wildman–Crippen LogP) is 2.52. The third-order valence-electron chi connectivity index (χ3n) is 5.47. The number of nitrogens with one attached hydrogen (secondary N) is 2. The van der Waals surface area contributed by atoms with Crippen LogP contribution in [0.15, 0.2) is 35.3 Å². The van der Waals surface area contributed by atoms with E-state index in [1.165, 1.54) is 0 Å². The lowest BCUT2D eigenvalue weighted by Crippen LogP contribution is -2.29. The van der Waals surface area contributed by atoms with Crippen LogP contribution in [-0.2, 0) is 17.8 Å². The van der Waals surface area contributed by atoms with Crippen molar-refractivity contribution in [2.75, 3.05) is 20.2 Å². The Kier molecular flexibility index (Phi) is 6.11. The van der Waals surface area contributed by atoms with Gasteiger partial charge >= 0.3 is 0 Å². The highest BCUT2D eigenvalue weighted by Crippen LogP contribution is 2.23. The highest BCUT2D eigenvalue weighted by atomic mass is 19.1. The van der Waals surface area contributed by atoms with Gasteiger partial charge in [-0.05, 0) is 42.2 Å². The molecule has 1 aliphatic heterocycles. The van der Waals surface area contributed by atoms with Crippen LogP contribution in [0.3, 0.4) is 0 Å². The van der Waals surface area contributed by atoms with Crippen LogP contribution in [-0.4, -0.2) is 46.1 Å². The zero-order valence-electron chi connectivity index (χ0n) is 18.2. The molecule has 0 spiro atoms. The number of carbonyl (C=O) groups is 1. The van der Waals surface area contributed by atoms with Crippen LogP contribution < -0.4 is 10.9 Å². The molecule has 1 amide bonds. The molecule has 2 N–H and O–H groups in total. The number of H-pyrrole nitrogens is 1. The Labute approximate surface area is 184 Å². The van der Waals surface area contributed by atoms with Gasteiger partial charge in [-0.25, -0.2) is 9.37 Å². The number of aryl methyl sites for hydroxylation is 2. The van der Waals surface area contributed by atoms with Gasteiger partial charge in [-0.3, -0.25) is 19.4 Å². The molecule has 3 heterocycles. The lowest BCUT2D eigenvalue weighted by atomic mass is 10.0. The van der Waals surface area contributed by atoms with E-state index in [9.17, 15) is 9.59 Å². The molecular formula is C23H24FN5O3. The fourth-order valence-electron chi connectivity index (χ4n) is 3.66. The topological polar surface area (TPSA) is 100 Å². The van der Waals surface area contributed by atoms with E-state index in [4.69, 9.17) is 4.84 Å². The number of carbonyl (C=O) groups excluding carboxylic acids is 1. The SMILES string of the molecule is CCc1nc2ccc(CN3CC=C(c4cnc(C(=O)NC)c(C)c4)CO3)c(F)c2[nH]c1=O. The molecule has 0 fully saturated rings. The van der Waals surface area contributed by atoms with Crippen molar-refractivity contribution >= 4 is 22.5 Å². The summed E-state index contributed by atoms with van der Waals surface area (Å²) < 4.78 is 15.0. The van der Waals surface area contributed by atoms with Gasteiger partial charge in [-0.2, -0.15) is 5.06 Å². The second-order valence-corrected chi connectivity index (χ2v) is 7.59. The third-order valence-corrected chi connectivity index (χ3v) is 5.47. The number of nitrogens with zero attached hydrogens (tertiary/aromatic N) is 3. The molecule has 0 unspecified atom stereocenters. The number of benzene rings is 1. The van der Waals surface area contributed by atoms with Crippen molar-refractivity contribution < 1.29 is 14.0 Å². The smallest absolute Gasteiger partial charge is 0.270 e. The van der Waals surface area contributed by atoms with E-state index in [1.807, 2.05) is 26.0 Å². The molecule has 0 saturated carbocycles. The van der Waals surface area contributed by atoms with Crippen molar-refractivity contribution in [3.05, 3.63) is 74.7 Å². The third kappa shape index (κ3) is 4.17. The van der Waals surface area contributed by atoms with E-state index in [0.29, 0.717) is 42.0 Å². The van der Waals surface area contributed by atoms with Crippen molar-refractivity contribution in [1.29, 1.82) is 0 Å². The molecule has 8 nitrogen and oxygen atoms in total. The molecule has 32 heavy (non-hydrogen) atoms. The summed E-state index contributed by atoms with van der Waals surface area (Å²) in [5.41, 5.74) is 3.94. The van der Waals surface area contributed by atoms with Crippen LogP contribution in [0.25, 0.3) is 16.6 Å². The molecule has 1 aromatic carbocycles. The first-order valence-electron chi connectivity index (χ1n) is 10.4. The molecular weight excluding hydrogens is 413 g/mol. The van der Waals surface area contributed by atoms with E-state index < -0.39 is 5.82 Å². The molecule has 0 atom stereocenters. The van der Waals surface area contributed by atoms with Crippen LogP contribution in [0.1, 0.15) is 39.8 Å². The summed E-state index contributed by atoms with van der Waals surface area (Å²) in [5, 5.41) is 4.22. The van der Waals surface area contributed by atoms with Gasteiger partial charge in [0, 0.05) is 25.4 Å². The molecule has 166 valence electrons. The van der Waals surface area contributed by atoms with Gasteiger partial charge in [0.2, 0.25) is 0 Å². The number of pyridine rings is 1. The Morgan fingerprint density at radius 1 is 1.38 bits per heavy atom. The summed E-state index contributed by atoms with van der Waals surface area (Å²) in [6, 6.07) is 5.27. The van der Waals surface area contributed by atoms with Crippen LogP contribution in [0.5, 0.6) is 0 Å². The van der Waals surface area contributed by atoms with Gasteiger partial charge < -0.3 is 10.3 Å². The summed E-state index contributed by atoms with van der Waals surface area (Å²) in [4.78, 5) is 40.8. The number of hydrogen-bond acceptors (Lipinski definition) is 6. The minimum atomic E-state index is -0.502. The van der Waals surface area contributed by atoms with Crippen molar-refractivity contribution in [2.45, 2.75) is 26.8 Å². The van der Waals surface area contributed by atoms with E-state index >= 15 is 4.39 Å². The van der Waals surface area contributed by atoms with E-state index in [2.05, 4.69) is 20.3 Å². The summed E-state index contributed by atoms with van der Waals surface area (Å²) >= 11 is 0. The molecule has 9 heteroatoms. The average molecular weight is 437 g/mol. The van der Waals surface area contributed by atoms with Gasteiger partial charge in [0.1, 0.15) is 16.9 Å². The normalized spacial score (nSPS) is 14.4. The number of fused-ring (bicyclic) bond motifs is 1. The minimum Gasteiger partial charge on any atom is -0.354 e. The number of rotatable bonds is 5. The maximum atomic E-state index is 15.0. The summed E-state index contributed by atoms with van der Waals surface area (Å²) in [5.74, 6) is -0.730. The Bertz CT molecular complexity index is 1280. The summed E-state index contributed by atoms with van der Waals surface area (Å²) in [6.45, 7) is 4.64. The standard InChI is InChI=1S/C23H24FN5O3/c1-4-17-22(30)28-21-18(27-17)6-5-14(19(21)24)11-29-8-7-15(12-32-29)16-9-13(2)20(26-10-16)23(31)25-3/h5-7,9-10H,4,8,11-12H2,1-3H3,(H,25,31)(H,28,30). The van der Waals surface area contributed by atoms with Gasteiger partial charge in [0.25, 0.3) is 11.5 Å². The summed E-state index contributed by atoms with van der Waals surface area (Å²) in [7, 11) is 1.57. The molecule has 0 saturated heterocycles. The fourth-order valence-corrected chi connectivity index (χ4v) is 3.66. The Balaban J connectivity index is 1.51. The zero-order chi connectivity index (χ0) is 22.8. The van der Waals surface area contributed by atoms with E-state index in [0.717, 1.165) is 16.7 Å². The van der Waals surface area contributed by atoms with Gasteiger partial charge in [-0.1, -0.05) is 19.1 Å². The molecule has 2 aromatic heterocycles. The van der Waals surface area contributed by atoms with Gasteiger partial charge in [0.05, 0.1) is 18.7 Å². The summed E-state index contributed by atoms with van der Waals surface area (Å²) in [6.07, 6.45) is 4.13. The number of aromatic nitrogens is 3. The van der Waals surface area contributed by atoms with E-state index in [-0.39, 0.29) is 23.5 Å². The number of aromatic amines is 1. The largest absolute Gasteiger partial charge is 0.354 e.